The van der Waals surface area contributed by atoms with Gasteiger partial charge in [-0.05, 0) is 29.5 Å². The zero-order valence-electron chi connectivity index (χ0n) is 9.42. The van der Waals surface area contributed by atoms with Crippen molar-refractivity contribution in [3.05, 3.63) is 33.8 Å². The van der Waals surface area contributed by atoms with Gasteiger partial charge in [0.05, 0.1) is 23.1 Å². The van der Waals surface area contributed by atoms with Crippen molar-refractivity contribution in [1.29, 1.82) is 10.5 Å². The van der Waals surface area contributed by atoms with Crippen LogP contribution in [-0.4, -0.2) is 0 Å². The third-order valence-corrected chi connectivity index (χ3v) is 2.78. The van der Waals surface area contributed by atoms with Crippen LogP contribution in [0.4, 0.5) is 0 Å². The molecule has 2 nitrogen and oxygen atoms in total. The van der Waals surface area contributed by atoms with Gasteiger partial charge in [-0.25, -0.2) is 0 Å². The van der Waals surface area contributed by atoms with E-state index in [9.17, 15) is 0 Å². The van der Waals surface area contributed by atoms with Crippen molar-refractivity contribution in [2.45, 2.75) is 26.7 Å². The molecule has 0 aliphatic rings. The van der Waals surface area contributed by atoms with Crippen molar-refractivity contribution in [3.63, 3.8) is 0 Å². The standard InChI is InChI=1S/C13H13ClN2/c1-9(2)7-10-3-4-11(8-16)13(14)12(10)5-6-15/h3-4,9H,5,7H2,1-2H3. The van der Waals surface area contributed by atoms with Crippen LogP contribution in [0.5, 0.6) is 0 Å². The monoisotopic (exact) mass is 232 g/mol. The summed E-state index contributed by atoms with van der Waals surface area (Å²) in [6.07, 6.45) is 1.14. The Hall–Kier alpha value is -1.51. The lowest BCUT2D eigenvalue weighted by molar-refractivity contribution is 0.644. The van der Waals surface area contributed by atoms with Crippen LogP contribution in [0.25, 0.3) is 0 Å². The molecule has 1 rings (SSSR count). The van der Waals surface area contributed by atoms with E-state index < -0.39 is 0 Å². The smallest absolute Gasteiger partial charge is 0.101 e. The molecule has 0 radical (unpaired) electrons. The van der Waals surface area contributed by atoms with E-state index in [4.69, 9.17) is 22.1 Å². The molecule has 3 heteroatoms. The number of halogens is 1. The van der Waals surface area contributed by atoms with Gasteiger partial charge in [0, 0.05) is 0 Å². The van der Waals surface area contributed by atoms with Crippen LogP contribution in [0.15, 0.2) is 12.1 Å². The topological polar surface area (TPSA) is 47.6 Å². The fourth-order valence-electron chi connectivity index (χ4n) is 1.65. The van der Waals surface area contributed by atoms with E-state index in [1.165, 1.54) is 0 Å². The van der Waals surface area contributed by atoms with Gasteiger partial charge in [0.1, 0.15) is 6.07 Å². The Morgan fingerprint density at radius 3 is 2.50 bits per heavy atom. The van der Waals surface area contributed by atoms with E-state index in [0.717, 1.165) is 17.5 Å². The molecule has 0 unspecified atom stereocenters. The Kier molecular flexibility index (Phi) is 4.35. The highest BCUT2D eigenvalue weighted by Crippen LogP contribution is 2.26. The van der Waals surface area contributed by atoms with Gasteiger partial charge in [-0.1, -0.05) is 31.5 Å². The lowest BCUT2D eigenvalue weighted by Crippen LogP contribution is -2.01. The molecule has 1 aromatic carbocycles. The zero-order chi connectivity index (χ0) is 12.1. The normalized spacial score (nSPS) is 9.88. The summed E-state index contributed by atoms with van der Waals surface area (Å²) < 4.78 is 0. The molecule has 0 saturated heterocycles. The molecule has 0 amide bonds. The van der Waals surface area contributed by atoms with Gasteiger partial charge in [0.2, 0.25) is 0 Å². The maximum absolute atomic E-state index is 8.87. The number of hydrogen-bond acceptors (Lipinski definition) is 2. The Morgan fingerprint density at radius 1 is 1.31 bits per heavy atom. The Bertz CT molecular complexity index is 464. The van der Waals surface area contributed by atoms with Crippen molar-refractivity contribution >= 4 is 11.6 Å². The Morgan fingerprint density at radius 2 is 2.00 bits per heavy atom. The minimum atomic E-state index is 0.260. The predicted octanol–water partition coefficient (Wildman–Crippen LogP) is 3.48. The summed E-state index contributed by atoms with van der Waals surface area (Å²) in [6.45, 7) is 4.23. The van der Waals surface area contributed by atoms with Crippen molar-refractivity contribution < 1.29 is 0 Å². The quantitative estimate of drug-likeness (QED) is 0.801. The van der Waals surface area contributed by atoms with Crippen molar-refractivity contribution in [1.82, 2.24) is 0 Å². The number of benzene rings is 1. The van der Waals surface area contributed by atoms with Crippen LogP contribution >= 0.6 is 11.6 Å². The van der Waals surface area contributed by atoms with Gasteiger partial charge < -0.3 is 0 Å². The maximum Gasteiger partial charge on any atom is 0.101 e. The molecular formula is C13H13ClN2. The first-order valence-electron chi connectivity index (χ1n) is 5.17. The van der Waals surface area contributed by atoms with Crippen LogP contribution in [0, 0.1) is 28.6 Å². The highest BCUT2D eigenvalue weighted by Gasteiger charge is 2.12. The summed E-state index contributed by atoms with van der Waals surface area (Å²) in [4.78, 5) is 0. The molecule has 1 aromatic rings. The number of nitriles is 2. The van der Waals surface area contributed by atoms with E-state index in [1.807, 2.05) is 12.1 Å². The molecule has 0 aliphatic carbocycles. The highest BCUT2D eigenvalue weighted by molar-refractivity contribution is 6.32. The Balaban J connectivity index is 3.25. The summed E-state index contributed by atoms with van der Waals surface area (Å²) in [6, 6.07) is 7.75. The zero-order valence-corrected chi connectivity index (χ0v) is 10.2. The lowest BCUT2D eigenvalue weighted by Gasteiger charge is -2.12. The van der Waals surface area contributed by atoms with Crippen LogP contribution < -0.4 is 0 Å². The van der Waals surface area contributed by atoms with Crippen molar-refractivity contribution in [3.8, 4) is 12.1 Å². The first-order valence-corrected chi connectivity index (χ1v) is 5.55. The van der Waals surface area contributed by atoms with Crippen molar-refractivity contribution in [2.75, 3.05) is 0 Å². The second kappa shape index (κ2) is 5.54. The molecule has 0 aliphatic heterocycles. The largest absolute Gasteiger partial charge is 0.198 e. The lowest BCUT2D eigenvalue weighted by atomic mass is 9.95. The summed E-state index contributed by atoms with van der Waals surface area (Å²) in [5, 5.41) is 18.1. The maximum atomic E-state index is 8.87. The molecule has 0 bridgehead atoms. The molecular weight excluding hydrogens is 220 g/mol. The molecule has 0 heterocycles. The van der Waals surface area contributed by atoms with E-state index in [0.29, 0.717) is 16.5 Å². The van der Waals surface area contributed by atoms with E-state index in [-0.39, 0.29) is 6.42 Å². The first-order chi connectivity index (χ1) is 7.60. The average Bonchev–Trinajstić information content (AvgIpc) is 2.23. The van der Waals surface area contributed by atoms with Crippen LogP contribution in [0.3, 0.4) is 0 Å². The molecule has 0 fully saturated rings. The molecule has 0 atom stereocenters. The number of rotatable bonds is 3. The van der Waals surface area contributed by atoms with Crippen LogP contribution in [0.2, 0.25) is 5.02 Å². The third kappa shape index (κ3) is 2.75. The average molecular weight is 233 g/mol. The van der Waals surface area contributed by atoms with Gasteiger partial charge >= 0.3 is 0 Å². The Labute approximate surface area is 101 Å². The van der Waals surface area contributed by atoms with Gasteiger partial charge in [0.25, 0.3) is 0 Å². The summed E-state index contributed by atoms with van der Waals surface area (Å²) in [5.74, 6) is 0.501. The number of nitrogens with zero attached hydrogens (tertiary/aromatic N) is 2. The number of hydrogen-bond donors (Lipinski definition) is 0. The van der Waals surface area contributed by atoms with Gasteiger partial charge in [-0.3, -0.25) is 0 Å². The van der Waals surface area contributed by atoms with Crippen molar-refractivity contribution in [2.24, 2.45) is 5.92 Å². The van der Waals surface area contributed by atoms with E-state index in [2.05, 4.69) is 19.9 Å². The molecule has 16 heavy (non-hydrogen) atoms. The molecule has 0 aromatic heterocycles. The van der Waals surface area contributed by atoms with Crippen LogP contribution in [-0.2, 0) is 12.8 Å². The van der Waals surface area contributed by atoms with E-state index in [1.54, 1.807) is 6.07 Å². The summed E-state index contributed by atoms with van der Waals surface area (Å²) in [5.41, 5.74) is 2.32. The molecule has 0 N–H and O–H groups in total. The summed E-state index contributed by atoms with van der Waals surface area (Å²) >= 11 is 6.10. The minimum Gasteiger partial charge on any atom is -0.198 e. The van der Waals surface area contributed by atoms with Gasteiger partial charge in [-0.2, -0.15) is 10.5 Å². The third-order valence-electron chi connectivity index (χ3n) is 2.34. The van der Waals surface area contributed by atoms with Crippen LogP contribution in [0.1, 0.15) is 30.5 Å². The fourth-order valence-corrected chi connectivity index (χ4v) is 1.94. The SMILES string of the molecule is CC(C)Cc1ccc(C#N)c(Cl)c1CC#N. The fraction of sp³-hybridized carbons (Fsp3) is 0.385. The molecule has 0 saturated carbocycles. The molecule has 82 valence electrons. The predicted molar refractivity (Wildman–Crippen MR) is 64.0 cm³/mol. The second-order valence-electron chi connectivity index (χ2n) is 4.11. The van der Waals surface area contributed by atoms with E-state index >= 15 is 0 Å². The summed E-state index contributed by atoms with van der Waals surface area (Å²) in [7, 11) is 0. The highest BCUT2D eigenvalue weighted by atomic mass is 35.5. The minimum absolute atomic E-state index is 0.260. The first kappa shape index (κ1) is 12.6. The van der Waals surface area contributed by atoms with Gasteiger partial charge in [0.15, 0.2) is 0 Å². The van der Waals surface area contributed by atoms with Gasteiger partial charge in [-0.15, -0.1) is 0 Å². The molecule has 0 spiro atoms. The second-order valence-corrected chi connectivity index (χ2v) is 4.49.